The zero-order valence-electron chi connectivity index (χ0n) is 10.4. The summed E-state index contributed by atoms with van der Waals surface area (Å²) in [6, 6.07) is 1.59. The number of likely N-dealkylation sites (N-methyl/N-ethyl adjacent to an activating group) is 1. The molecule has 0 spiro atoms. The minimum absolute atomic E-state index is 0. The van der Waals surface area contributed by atoms with Crippen LogP contribution in [-0.4, -0.2) is 33.1 Å². The molecule has 0 radical (unpaired) electrons. The molecule has 8 nitrogen and oxygen atoms in total. The van der Waals surface area contributed by atoms with Gasteiger partial charge >= 0.3 is 0 Å². The molecule has 104 valence electrons. The van der Waals surface area contributed by atoms with E-state index in [2.05, 4.69) is 20.4 Å². The van der Waals surface area contributed by atoms with E-state index in [4.69, 9.17) is 4.52 Å². The molecule has 1 unspecified atom stereocenters. The van der Waals surface area contributed by atoms with Gasteiger partial charge < -0.3 is 14.8 Å². The average molecular weight is 288 g/mol. The summed E-state index contributed by atoms with van der Waals surface area (Å²) >= 11 is 0. The topological polar surface area (TPSA) is 110 Å². The molecule has 0 fully saturated rings. The minimum Gasteiger partial charge on any atom is -0.351 e. The van der Waals surface area contributed by atoms with Gasteiger partial charge in [-0.3, -0.25) is 10.1 Å². The molecule has 0 aliphatic heterocycles. The van der Waals surface area contributed by atoms with Crippen molar-refractivity contribution in [2.24, 2.45) is 0 Å². The fourth-order valence-electron chi connectivity index (χ4n) is 1.43. The second-order valence-electron chi connectivity index (χ2n) is 3.94. The van der Waals surface area contributed by atoms with E-state index in [0.717, 1.165) is 0 Å². The third-order valence-corrected chi connectivity index (χ3v) is 2.56. The third kappa shape index (κ3) is 3.52. The molecule has 2 aromatic rings. The highest BCUT2D eigenvalue weighted by molar-refractivity contribution is 5.85. The summed E-state index contributed by atoms with van der Waals surface area (Å²) in [7, 11) is 1.85. The Kier molecular flexibility index (Phi) is 5.02. The van der Waals surface area contributed by atoms with Crippen molar-refractivity contribution < 1.29 is 9.45 Å². The van der Waals surface area contributed by atoms with Crippen molar-refractivity contribution in [3.8, 4) is 11.6 Å². The number of H-pyrrole nitrogens is 1. The molecule has 0 bridgehead atoms. The fourth-order valence-corrected chi connectivity index (χ4v) is 1.43. The van der Waals surface area contributed by atoms with E-state index in [9.17, 15) is 10.1 Å². The van der Waals surface area contributed by atoms with Gasteiger partial charge in [-0.1, -0.05) is 5.16 Å². The Morgan fingerprint density at radius 1 is 1.63 bits per heavy atom. The Balaban J connectivity index is 0.00000180. The first-order valence-corrected chi connectivity index (χ1v) is 5.43. The Hall–Kier alpha value is -1.93. The molecule has 0 aliphatic carbocycles. The number of hydrogen-bond acceptors (Lipinski definition) is 6. The van der Waals surface area contributed by atoms with Gasteiger partial charge in [0.1, 0.15) is 5.69 Å². The van der Waals surface area contributed by atoms with Crippen molar-refractivity contribution in [2.45, 2.75) is 19.4 Å². The van der Waals surface area contributed by atoms with Gasteiger partial charge in [-0.2, -0.15) is 4.98 Å². The lowest BCUT2D eigenvalue weighted by Gasteiger charge is -2.04. The highest BCUT2D eigenvalue weighted by Gasteiger charge is 2.16. The molecule has 0 aromatic carbocycles. The summed E-state index contributed by atoms with van der Waals surface area (Å²) in [6.07, 6.45) is 1.91. The largest absolute Gasteiger partial charge is 0.351 e. The first-order valence-electron chi connectivity index (χ1n) is 5.43. The van der Waals surface area contributed by atoms with E-state index < -0.39 is 4.92 Å². The second kappa shape index (κ2) is 6.30. The van der Waals surface area contributed by atoms with Crippen LogP contribution in [0.15, 0.2) is 16.8 Å². The van der Waals surface area contributed by atoms with Gasteiger partial charge in [-0.15, -0.1) is 12.4 Å². The Bertz CT molecular complexity index is 553. The molecule has 19 heavy (non-hydrogen) atoms. The number of aromatic amines is 1. The summed E-state index contributed by atoms with van der Waals surface area (Å²) in [6.45, 7) is 2.00. The molecule has 2 rings (SSSR count). The number of rotatable bonds is 5. The zero-order valence-corrected chi connectivity index (χ0v) is 11.2. The van der Waals surface area contributed by atoms with Gasteiger partial charge in [-0.05, 0) is 14.0 Å². The zero-order chi connectivity index (χ0) is 13.1. The molecule has 0 saturated carbocycles. The number of nitro groups is 1. The van der Waals surface area contributed by atoms with Crippen LogP contribution in [-0.2, 0) is 6.42 Å². The Labute approximate surface area is 115 Å². The lowest BCUT2D eigenvalue weighted by atomic mass is 10.2. The van der Waals surface area contributed by atoms with Crippen LogP contribution >= 0.6 is 12.4 Å². The number of hydrogen-bond donors (Lipinski definition) is 2. The van der Waals surface area contributed by atoms with Gasteiger partial charge in [0.25, 0.3) is 11.6 Å². The van der Waals surface area contributed by atoms with E-state index in [1.165, 1.54) is 12.3 Å². The minimum atomic E-state index is -0.486. The van der Waals surface area contributed by atoms with Crippen molar-refractivity contribution in [2.75, 3.05) is 7.05 Å². The van der Waals surface area contributed by atoms with Crippen LogP contribution < -0.4 is 5.32 Å². The van der Waals surface area contributed by atoms with E-state index in [-0.39, 0.29) is 30.0 Å². The van der Waals surface area contributed by atoms with Crippen molar-refractivity contribution in [1.82, 2.24) is 20.4 Å². The summed E-state index contributed by atoms with van der Waals surface area (Å²) < 4.78 is 5.05. The maximum absolute atomic E-state index is 10.5. The summed E-state index contributed by atoms with van der Waals surface area (Å²) in [5, 5.41) is 17.4. The van der Waals surface area contributed by atoms with Crippen LogP contribution in [0.5, 0.6) is 0 Å². The monoisotopic (exact) mass is 287 g/mol. The van der Waals surface area contributed by atoms with E-state index in [1.807, 2.05) is 14.0 Å². The normalized spacial score (nSPS) is 11.9. The van der Waals surface area contributed by atoms with Crippen LogP contribution in [0.1, 0.15) is 12.7 Å². The molecule has 2 heterocycles. The molecule has 1 atom stereocenters. The van der Waals surface area contributed by atoms with Gasteiger partial charge in [0.15, 0.2) is 5.82 Å². The second-order valence-corrected chi connectivity index (χ2v) is 3.94. The smallest absolute Gasteiger partial charge is 0.287 e. The van der Waals surface area contributed by atoms with Crippen LogP contribution in [0.3, 0.4) is 0 Å². The van der Waals surface area contributed by atoms with Crippen molar-refractivity contribution in [1.29, 1.82) is 0 Å². The Morgan fingerprint density at radius 3 is 2.95 bits per heavy atom. The number of halogens is 1. The van der Waals surface area contributed by atoms with E-state index in [0.29, 0.717) is 17.9 Å². The van der Waals surface area contributed by atoms with Gasteiger partial charge in [0.2, 0.25) is 0 Å². The van der Waals surface area contributed by atoms with Crippen molar-refractivity contribution in [3.05, 3.63) is 28.2 Å². The predicted octanol–water partition coefficient (Wildman–Crippen LogP) is 1.55. The van der Waals surface area contributed by atoms with Gasteiger partial charge in [0, 0.05) is 18.5 Å². The molecule has 2 N–H and O–H groups in total. The van der Waals surface area contributed by atoms with Crippen molar-refractivity contribution >= 4 is 18.1 Å². The van der Waals surface area contributed by atoms with Crippen LogP contribution in [0.25, 0.3) is 11.6 Å². The third-order valence-electron chi connectivity index (χ3n) is 2.56. The number of nitrogens with one attached hydrogen (secondary N) is 2. The SMILES string of the molecule is CNC(C)Cc1noc(-c2cc([N+](=O)[O-])c[nH]2)n1.Cl. The number of aromatic nitrogens is 3. The molecule has 9 heteroatoms. The molecular formula is C10H14ClN5O3. The van der Waals surface area contributed by atoms with Crippen LogP contribution in [0.2, 0.25) is 0 Å². The van der Waals surface area contributed by atoms with E-state index in [1.54, 1.807) is 0 Å². The van der Waals surface area contributed by atoms with Gasteiger partial charge in [0.05, 0.1) is 11.1 Å². The highest BCUT2D eigenvalue weighted by Crippen LogP contribution is 2.21. The lowest BCUT2D eigenvalue weighted by molar-refractivity contribution is -0.384. The maximum atomic E-state index is 10.5. The average Bonchev–Trinajstić information content (AvgIpc) is 2.96. The number of nitrogens with zero attached hydrogens (tertiary/aromatic N) is 3. The van der Waals surface area contributed by atoms with E-state index >= 15 is 0 Å². The lowest BCUT2D eigenvalue weighted by Crippen LogP contribution is -2.24. The predicted molar refractivity (Wildman–Crippen MR) is 70.2 cm³/mol. The van der Waals surface area contributed by atoms with Crippen LogP contribution in [0, 0.1) is 10.1 Å². The molecule has 0 aliphatic rings. The quantitative estimate of drug-likeness (QED) is 0.637. The summed E-state index contributed by atoms with van der Waals surface area (Å²) in [5.74, 6) is 0.811. The molecule has 0 saturated heterocycles. The van der Waals surface area contributed by atoms with Gasteiger partial charge in [-0.25, -0.2) is 0 Å². The Morgan fingerprint density at radius 2 is 2.37 bits per heavy atom. The highest BCUT2D eigenvalue weighted by atomic mass is 35.5. The molecular weight excluding hydrogens is 274 g/mol. The van der Waals surface area contributed by atoms with Crippen LogP contribution in [0.4, 0.5) is 5.69 Å². The standard InChI is InChI=1S/C10H13N5O3.ClH/c1-6(11-2)3-9-13-10(18-14-9)8-4-7(5-12-8)15(16)17;/h4-6,11-12H,3H2,1-2H3;1H. The summed E-state index contributed by atoms with van der Waals surface area (Å²) in [5.41, 5.74) is 0.408. The molecule has 0 amide bonds. The first-order chi connectivity index (χ1) is 8.60. The van der Waals surface area contributed by atoms with Crippen molar-refractivity contribution in [3.63, 3.8) is 0 Å². The summed E-state index contributed by atoms with van der Waals surface area (Å²) in [4.78, 5) is 17.0. The first kappa shape index (κ1) is 15.1. The fraction of sp³-hybridized carbons (Fsp3) is 0.400. The molecule has 2 aromatic heterocycles. The maximum Gasteiger partial charge on any atom is 0.287 e.